The molecule has 1 aromatic carbocycles. The van der Waals surface area contributed by atoms with Crippen molar-refractivity contribution in [2.45, 2.75) is 38.1 Å². The predicted octanol–water partition coefficient (Wildman–Crippen LogP) is 5.73. The highest BCUT2D eigenvalue weighted by molar-refractivity contribution is 5.85. The van der Waals surface area contributed by atoms with Crippen LogP contribution in [-0.2, 0) is 0 Å². The highest BCUT2D eigenvalue weighted by Crippen LogP contribution is 2.42. The second-order valence-electron chi connectivity index (χ2n) is 8.01. The second kappa shape index (κ2) is 9.23. The molecule has 160 valence electrons. The summed E-state index contributed by atoms with van der Waals surface area (Å²) in [6.07, 6.45) is 9.00. The monoisotopic (exact) mass is 435 g/mol. The Bertz CT molecular complexity index is 946. The number of benzene rings is 1. The lowest BCUT2D eigenvalue weighted by molar-refractivity contribution is 0.308. The summed E-state index contributed by atoms with van der Waals surface area (Å²) >= 11 is 0. The maximum Gasteiger partial charge on any atom is 0.147 e. The van der Waals surface area contributed by atoms with Gasteiger partial charge in [0.25, 0.3) is 0 Å². The molecule has 0 spiro atoms. The maximum absolute atomic E-state index is 14.9. The molecule has 7 heteroatoms. The van der Waals surface area contributed by atoms with E-state index in [-0.39, 0.29) is 35.6 Å². The van der Waals surface area contributed by atoms with E-state index in [1.165, 1.54) is 12.1 Å². The highest BCUT2D eigenvalue weighted by atomic mass is 35.5. The van der Waals surface area contributed by atoms with Crippen LogP contribution in [0.3, 0.4) is 0 Å². The summed E-state index contributed by atoms with van der Waals surface area (Å²) in [4.78, 5) is 5.84. The Morgan fingerprint density at radius 3 is 2.50 bits per heavy atom. The van der Waals surface area contributed by atoms with Gasteiger partial charge in [0.05, 0.1) is 23.1 Å². The van der Waals surface area contributed by atoms with Gasteiger partial charge in [-0.2, -0.15) is 0 Å². The molecule has 3 nitrogen and oxygen atoms in total. The van der Waals surface area contributed by atoms with Gasteiger partial charge in [-0.05, 0) is 60.9 Å². The first-order valence-electron chi connectivity index (χ1n) is 9.93. The number of hydrogen-bond donors (Lipinski definition) is 1. The van der Waals surface area contributed by atoms with Crippen LogP contribution in [0, 0.1) is 17.6 Å². The van der Waals surface area contributed by atoms with Crippen molar-refractivity contribution in [2.75, 3.05) is 11.4 Å². The molecule has 1 aliphatic heterocycles. The lowest BCUT2D eigenvalue weighted by atomic mass is 9.76. The molecule has 1 aliphatic carbocycles. The zero-order valence-corrected chi connectivity index (χ0v) is 17.5. The Labute approximate surface area is 180 Å². The number of aromatic nitrogens is 1. The number of nitrogens with two attached hydrogens (primary N) is 1. The first-order valence-corrected chi connectivity index (χ1v) is 9.93. The van der Waals surface area contributed by atoms with E-state index in [1.807, 2.05) is 6.07 Å². The van der Waals surface area contributed by atoms with E-state index in [4.69, 9.17) is 5.73 Å². The average molecular weight is 436 g/mol. The molecule has 0 radical (unpaired) electrons. The van der Waals surface area contributed by atoms with Gasteiger partial charge >= 0.3 is 0 Å². The number of halogens is 4. The third kappa shape index (κ3) is 4.25. The zero-order valence-electron chi connectivity index (χ0n) is 16.7. The molecular weight excluding hydrogens is 411 g/mol. The molecule has 4 rings (SSSR count). The van der Waals surface area contributed by atoms with Gasteiger partial charge < -0.3 is 10.6 Å². The van der Waals surface area contributed by atoms with Crippen molar-refractivity contribution in [3.05, 3.63) is 77.4 Å². The van der Waals surface area contributed by atoms with Gasteiger partial charge in [-0.1, -0.05) is 19.1 Å². The molecule has 2 aromatic rings. The Kier molecular flexibility index (Phi) is 6.88. The lowest BCUT2D eigenvalue weighted by Crippen LogP contribution is -2.32. The molecule has 0 bridgehead atoms. The van der Waals surface area contributed by atoms with Crippen LogP contribution >= 0.6 is 12.4 Å². The summed E-state index contributed by atoms with van der Waals surface area (Å²) in [7, 11) is 0. The van der Waals surface area contributed by atoms with E-state index in [0.29, 0.717) is 18.2 Å². The summed E-state index contributed by atoms with van der Waals surface area (Å²) in [5.41, 5.74) is 7.43. The van der Waals surface area contributed by atoms with Crippen molar-refractivity contribution in [1.29, 1.82) is 0 Å². The SMILES string of the molecule is C[C@@H]1C[C@H](N)C[C@H](c2ccncc2N2CC=CC(F)=C2c2c(F)cccc2F)C1.Cl. The van der Waals surface area contributed by atoms with Crippen LogP contribution in [0.4, 0.5) is 18.9 Å². The summed E-state index contributed by atoms with van der Waals surface area (Å²) in [6.45, 7) is 2.47. The Hall–Kier alpha value is -2.31. The number of nitrogens with zero attached hydrogens (tertiary/aromatic N) is 2. The first kappa shape index (κ1) is 22.4. The topological polar surface area (TPSA) is 42.1 Å². The van der Waals surface area contributed by atoms with Crippen molar-refractivity contribution in [2.24, 2.45) is 11.7 Å². The lowest BCUT2D eigenvalue weighted by Gasteiger charge is -2.36. The van der Waals surface area contributed by atoms with Crippen LogP contribution in [0.15, 0.2) is 54.6 Å². The third-order valence-corrected chi connectivity index (χ3v) is 5.79. The average Bonchev–Trinajstić information content (AvgIpc) is 2.68. The van der Waals surface area contributed by atoms with Gasteiger partial charge in [0, 0.05) is 18.8 Å². The van der Waals surface area contributed by atoms with Crippen LogP contribution in [0.1, 0.15) is 43.2 Å². The predicted molar refractivity (Wildman–Crippen MR) is 116 cm³/mol. The van der Waals surface area contributed by atoms with Crippen LogP contribution in [0.5, 0.6) is 0 Å². The number of anilines is 1. The summed E-state index contributed by atoms with van der Waals surface area (Å²) in [5.74, 6) is -1.61. The van der Waals surface area contributed by atoms with Gasteiger partial charge in [0.1, 0.15) is 17.5 Å². The Balaban J connectivity index is 0.00000256. The van der Waals surface area contributed by atoms with Crippen LogP contribution in [0.2, 0.25) is 0 Å². The number of hydrogen-bond acceptors (Lipinski definition) is 3. The molecule has 0 saturated heterocycles. The van der Waals surface area contributed by atoms with Crippen molar-refractivity contribution in [3.63, 3.8) is 0 Å². The van der Waals surface area contributed by atoms with Crippen LogP contribution in [-0.4, -0.2) is 17.6 Å². The molecule has 2 aliphatic rings. The summed E-state index contributed by atoms with van der Waals surface area (Å²) in [6, 6.07) is 5.57. The van der Waals surface area contributed by atoms with Gasteiger partial charge in [-0.15, -0.1) is 12.4 Å². The highest BCUT2D eigenvalue weighted by Gasteiger charge is 2.31. The third-order valence-electron chi connectivity index (χ3n) is 5.79. The van der Waals surface area contributed by atoms with E-state index in [2.05, 4.69) is 11.9 Å². The zero-order chi connectivity index (χ0) is 20.5. The van der Waals surface area contributed by atoms with Crippen LogP contribution < -0.4 is 10.6 Å². The molecule has 2 N–H and O–H groups in total. The number of pyridine rings is 1. The van der Waals surface area contributed by atoms with E-state index in [0.717, 1.165) is 37.0 Å². The largest absolute Gasteiger partial charge is 0.333 e. The molecule has 1 aromatic heterocycles. The molecule has 1 fully saturated rings. The van der Waals surface area contributed by atoms with Crippen LogP contribution in [0.25, 0.3) is 5.70 Å². The standard InChI is InChI=1S/C23H24F3N3.ClH/c1-14-10-15(12-16(27)11-14)17-7-8-28-13-21(17)29-9-3-6-20(26)23(29)22-18(24)4-2-5-19(22)25;/h2-8,13-16H,9-12,27H2,1H3;1H/t14-,15+,16-;/m0./s1. The number of rotatable bonds is 3. The van der Waals surface area contributed by atoms with E-state index >= 15 is 0 Å². The Morgan fingerprint density at radius 1 is 1.07 bits per heavy atom. The molecule has 0 amide bonds. The van der Waals surface area contributed by atoms with E-state index in [9.17, 15) is 13.2 Å². The molecule has 3 atom stereocenters. The summed E-state index contributed by atoms with van der Waals surface area (Å²) < 4.78 is 44.0. The minimum Gasteiger partial charge on any atom is -0.333 e. The molecule has 1 saturated carbocycles. The first-order chi connectivity index (χ1) is 14.0. The van der Waals surface area contributed by atoms with Crippen molar-refractivity contribution >= 4 is 23.8 Å². The van der Waals surface area contributed by atoms with E-state index < -0.39 is 17.5 Å². The number of allylic oxidation sites excluding steroid dienone is 2. The van der Waals surface area contributed by atoms with Crippen molar-refractivity contribution < 1.29 is 13.2 Å². The molecule has 30 heavy (non-hydrogen) atoms. The fourth-order valence-corrected chi connectivity index (χ4v) is 4.64. The molecular formula is C23H25ClF3N3. The maximum atomic E-state index is 14.9. The molecule has 2 heterocycles. The minimum absolute atomic E-state index is 0. The second-order valence-corrected chi connectivity index (χ2v) is 8.01. The van der Waals surface area contributed by atoms with E-state index in [1.54, 1.807) is 23.4 Å². The van der Waals surface area contributed by atoms with Gasteiger partial charge in [0.2, 0.25) is 0 Å². The fraction of sp³-hybridized carbons (Fsp3) is 0.348. The fourth-order valence-electron chi connectivity index (χ4n) is 4.64. The summed E-state index contributed by atoms with van der Waals surface area (Å²) in [5, 5.41) is 0. The molecule has 0 unspecified atom stereocenters. The normalized spacial score (nSPS) is 24.0. The smallest absolute Gasteiger partial charge is 0.147 e. The van der Waals surface area contributed by atoms with Gasteiger partial charge in [-0.25, -0.2) is 13.2 Å². The Morgan fingerprint density at radius 2 is 1.80 bits per heavy atom. The van der Waals surface area contributed by atoms with Gasteiger partial charge in [-0.3, -0.25) is 4.98 Å². The quantitative estimate of drug-likeness (QED) is 0.669. The van der Waals surface area contributed by atoms with Crippen molar-refractivity contribution in [1.82, 2.24) is 4.98 Å². The van der Waals surface area contributed by atoms with Gasteiger partial charge in [0.15, 0.2) is 0 Å². The minimum atomic E-state index is -0.797. The van der Waals surface area contributed by atoms with Crippen molar-refractivity contribution in [3.8, 4) is 0 Å².